The smallest absolute Gasteiger partial charge is 0.337 e. The average Bonchev–Trinajstić information content (AvgIpc) is 2.70. The molecule has 3 rings (SSSR count). The fourth-order valence-electron chi connectivity index (χ4n) is 2.73. The molecule has 1 aromatic heterocycles. The zero-order valence-corrected chi connectivity index (χ0v) is 16.7. The first-order valence-electron chi connectivity index (χ1n) is 9.05. The van der Waals surface area contributed by atoms with E-state index in [-0.39, 0.29) is 17.5 Å². The molecule has 0 atom stereocenters. The Balaban J connectivity index is 1.81. The number of methoxy groups -OCH3 is 1. The number of aryl methyl sites for hydroxylation is 3. The predicted octanol–water partition coefficient (Wildman–Crippen LogP) is 4.18. The summed E-state index contributed by atoms with van der Waals surface area (Å²) in [5, 5.41) is 5.89. The van der Waals surface area contributed by atoms with Crippen LogP contribution >= 0.6 is 0 Å². The third kappa shape index (κ3) is 4.95. The van der Waals surface area contributed by atoms with Gasteiger partial charge >= 0.3 is 5.97 Å². The summed E-state index contributed by atoms with van der Waals surface area (Å²) in [6.07, 6.45) is 0. The number of hydrogen-bond donors (Lipinski definition) is 2. The Labute approximate surface area is 169 Å². The highest BCUT2D eigenvalue weighted by Gasteiger charge is 2.12. The lowest BCUT2D eigenvalue weighted by Crippen LogP contribution is -2.15. The molecule has 2 N–H and O–H groups in total. The number of nitrogens with one attached hydrogen (secondary N) is 2. The van der Waals surface area contributed by atoms with Crippen molar-refractivity contribution in [3.05, 3.63) is 76.6 Å². The van der Waals surface area contributed by atoms with E-state index in [2.05, 4.69) is 20.6 Å². The number of carbonyl (C=O) groups is 2. The number of nitrogens with zero attached hydrogens (tertiary/aromatic N) is 2. The summed E-state index contributed by atoms with van der Waals surface area (Å²) in [6.45, 7) is 5.79. The maximum absolute atomic E-state index is 12.7. The van der Waals surface area contributed by atoms with Crippen LogP contribution in [0.2, 0.25) is 0 Å². The Bertz CT molecular complexity index is 1080. The fraction of sp³-hybridized carbons (Fsp3) is 0.182. The molecule has 0 bridgehead atoms. The van der Waals surface area contributed by atoms with Crippen LogP contribution < -0.4 is 10.6 Å². The Morgan fingerprint density at radius 2 is 1.69 bits per heavy atom. The monoisotopic (exact) mass is 390 g/mol. The van der Waals surface area contributed by atoms with Crippen LogP contribution in [-0.4, -0.2) is 29.0 Å². The molecule has 0 aliphatic heterocycles. The van der Waals surface area contributed by atoms with Gasteiger partial charge in [0.15, 0.2) is 0 Å². The fourth-order valence-corrected chi connectivity index (χ4v) is 2.73. The molecule has 0 saturated carbocycles. The third-order valence-corrected chi connectivity index (χ3v) is 4.39. The number of carbonyl (C=O) groups excluding carboxylic acids is 2. The third-order valence-electron chi connectivity index (χ3n) is 4.39. The standard InChI is InChI=1S/C22H22N4O3/c1-13-8-9-18(10-14(13)2)24-20(27)19-11-15(3)23-22(26-19)25-17-7-5-6-16(12-17)21(28)29-4/h5-12H,1-4H3,(H,24,27)(H,23,25,26). The van der Waals surface area contributed by atoms with Crippen molar-refractivity contribution in [1.29, 1.82) is 0 Å². The number of ether oxygens (including phenoxy) is 1. The molecular formula is C22H22N4O3. The van der Waals surface area contributed by atoms with E-state index in [4.69, 9.17) is 4.74 Å². The molecule has 3 aromatic rings. The molecule has 148 valence electrons. The van der Waals surface area contributed by atoms with Gasteiger partial charge in [0, 0.05) is 17.1 Å². The lowest BCUT2D eigenvalue weighted by atomic mass is 10.1. The number of anilines is 3. The first-order chi connectivity index (χ1) is 13.9. The number of hydrogen-bond acceptors (Lipinski definition) is 6. The minimum absolute atomic E-state index is 0.238. The van der Waals surface area contributed by atoms with Gasteiger partial charge in [0.1, 0.15) is 5.69 Å². The van der Waals surface area contributed by atoms with E-state index in [1.54, 1.807) is 37.3 Å². The molecular weight excluding hydrogens is 368 g/mol. The van der Waals surface area contributed by atoms with Gasteiger partial charge in [-0.05, 0) is 68.3 Å². The first kappa shape index (κ1) is 20.0. The van der Waals surface area contributed by atoms with Crippen molar-refractivity contribution in [2.75, 3.05) is 17.7 Å². The average molecular weight is 390 g/mol. The van der Waals surface area contributed by atoms with Crippen LogP contribution in [0.1, 0.15) is 37.7 Å². The van der Waals surface area contributed by atoms with Gasteiger partial charge in [-0.3, -0.25) is 4.79 Å². The van der Waals surface area contributed by atoms with E-state index < -0.39 is 5.97 Å². The second-order valence-electron chi connectivity index (χ2n) is 6.67. The molecule has 0 aliphatic rings. The molecule has 2 aromatic carbocycles. The summed E-state index contributed by atoms with van der Waals surface area (Å²) in [6, 6.07) is 14.1. The van der Waals surface area contributed by atoms with Crippen molar-refractivity contribution >= 4 is 29.2 Å². The van der Waals surface area contributed by atoms with Crippen LogP contribution in [0.3, 0.4) is 0 Å². The molecule has 1 amide bonds. The summed E-state index contributed by atoms with van der Waals surface area (Å²) < 4.78 is 4.73. The van der Waals surface area contributed by atoms with Crippen LogP contribution in [0.15, 0.2) is 48.5 Å². The molecule has 7 heteroatoms. The van der Waals surface area contributed by atoms with Crippen molar-refractivity contribution < 1.29 is 14.3 Å². The normalized spacial score (nSPS) is 10.3. The quantitative estimate of drug-likeness (QED) is 0.635. The first-order valence-corrected chi connectivity index (χ1v) is 9.05. The van der Waals surface area contributed by atoms with Crippen molar-refractivity contribution in [2.24, 2.45) is 0 Å². The second-order valence-corrected chi connectivity index (χ2v) is 6.67. The zero-order valence-electron chi connectivity index (χ0n) is 16.7. The molecule has 0 spiro atoms. The molecule has 0 aliphatic carbocycles. The highest BCUT2D eigenvalue weighted by molar-refractivity contribution is 6.03. The van der Waals surface area contributed by atoms with E-state index in [1.807, 2.05) is 32.0 Å². The van der Waals surface area contributed by atoms with Gasteiger partial charge in [0.2, 0.25) is 5.95 Å². The minimum atomic E-state index is -0.438. The highest BCUT2D eigenvalue weighted by atomic mass is 16.5. The Hall–Kier alpha value is -3.74. The molecule has 0 radical (unpaired) electrons. The Morgan fingerprint density at radius 3 is 2.41 bits per heavy atom. The largest absolute Gasteiger partial charge is 0.465 e. The van der Waals surface area contributed by atoms with Gasteiger partial charge in [-0.15, -0.1) is 0 Å². The predicted molar refractivity (Wildman–Crippen MR) is 112 cm³/mol. The lowest BCUT2D eigenvalue weighted by molar-refractivity contribution is 0.0600. The summed E-state index contributed by atoms with van der Waals surface area (Å²) in [7, 11) is 1.33. The molecule has 1 heterocycles. The SMILES string of the molecule is COC(=O)c1cccc(Nc2nc(C)cc(C(=O)Nc3ccc(C)c(C)c3)n2)c1. The lowest BCUT2D eigenvalue weighted by Gasteiger charge is -2.10. The summed E-state index contributed by atoms with van der Waals surface area (Å²) in [5.74, 6) is -0.505. The Morgan fingerprint density at radius 1 is 0.897 bits per heavy atom. The molecule has 0 unspecified atom stereocenters. The van der Waals surface area contributed by atoms with Crippen molar-refractivity contribution in [3.8, 4) is 0 Å². The van der Waals surface area contributed by atoms with Crippen LogP contribution in [0.25, 0.3) is 0 Å². The van der Waals surface area contributed by atoms with E-state index >= 15 is 0 Å². The second kappa shape index (κ2) is 8.52. The van der Waals surface area contributed by atoms with E-state index in [0.29, 0.717) is 22.6 Å². The van der Waals surface area contributed by atoms with Gasteiger partial charge in [0.25, 0.3) is 5.91 Å². The zero-order chi connectivity index (χ0) is 21.0. The number of benzene rings is 2. The molecule has 0 fully saturated rings. The molecule has 29 heavy (non-hydrogen) atoms. The van der Waals surface area contributed by atoms with Crippen molar-refractivity contribution in [1.82, 2.24) is 9.97 Å². The van der Waals surface area contributed by atoms with E-state index in [9.17, 15) is 9.59 Å². The maximum Gasteiger partial charge on any atom is 0.337 e. The van der Waals surface area contributed by atoms with Crippen LogP contribution in [0, 0.1) is 20.8 Å². The number of esters is 1. The topological polar surface area (TPSA) is 93.2 Å². The van der Waals surface area contributed by atoms with Crippen LogP contribution in [0.5, 0.6) is 0 Å². The number of aromatic nitrogens is 2. The van der Waals surface area contributed by atoms with Gasteiger partial charge in [-0.2, -0.15) is 0 Å². The van der Waals surface area contributed by atoms with Gasteiger partial charge < -0.3 is 15.4 Å². The Kier molecular flexibility index (Phi) is 5.87. The van der Waals surface area contributed by atoms with Gasteiger partial charge in [-0.25, -0.2) is 14.8 Å². The summed E-state index contributed by atoms with van der Waals surface area (Å²) in [5.41, 5.74) is 4.84. The van der Waals surface area contributed by atoms with Crippen LogP contribution in [0.4, 0.5) is 17.3 Å². The van der Waals surface area contributed by atoms with Crippen molar-refractivity contribution in [2.45, 2.75) is 20.8 Å². The molecule has 0 saturated heterocycles. The number of amides is 1. The van der Waals surface area contributed by atoms with Gasteiger partial charge in [0.05, 0.1) is 12.7 Å². The molecule has 7 nitrogen and oxygen atoms in total. The van der Waals surface area contributed by atoms with Crippen molar-refractivity contribution in [3.63, 3.8) is 0 Å². The maximum atomic E-state index is 12.7. The van der Waals surface area contributed by atoms with E-state index in [0.717, 1.165) is 11.1 Å². The van der Waals surface area contributed by atoms with Gasteiger partial charge in [-0.1, -0.05) is 12.1 Å². The number of rotatable bonds is 5. The van der Waals surface area contributed by atoms with E-state index in [1.165, 1.54) is 7.11 Å². The summed E-state index contributed by atoms with van der Waals surface area (Å²) in [4.78, 5) is 33.0. The minimum Gasteiger partial charge on any atom is -0.465 e. The summed E-state index contributed by atoms with van der Waals surface area (Å²) >= 11 is 0. The highest BCUT2D eigenvalue weighted by Crippen LogP contribution is 2.18. The van der Waals surface area contributed by atoms with Crippen LogP contribution in [-0.2, 0) is 4.74 Å².